The van der Waals surface area contributed by atoms with Crippen LogP contribution in [0.3, 0.4) is 0 Å². The molecule has 0 bridgehead atoms. The van der Waals surface area contributed by atoms with E-state index in [1.807, 2.05) is 49.4 Å². The molecule has 0 radical (unpaired) electrons. The van der Waals surface area contributed by atoms with Gasteiger partial charge in [-0.25, -0.2) is 4.98 Å². The minimum absolute atomic E-state index is 0.0654. The highest BCUT2D eigenvalue weighted by atomic mass is 16.1. The minimum atomic E-state index is -0.594. The molecule has 0 spiro atoms. The second-order valence-electron chi connectivity index (χ2n) is 5.85. The van der Waals surface area contributed by atoms with Crippen molar-refractivity contribution in [1.29, 1.82) is 0 Å². The zero-order valence-corrected chi connectivity index (χ0v) is 14.3. The van der Waals surface area contributed by atoms with Gasteiger partial charge in [-0.05, 0) is 30.7 Å². The van der Waals surface area contributed by atoms with E-state index in [1.165, 1.54) is 6.20 Å². The zero-order valence-electron chi connectivity index (χ0n) is 14.3. The molecule has 0 saturated carbocycles. The van der Waals surface area contributed by atoms with Gasteiger partial charge < -0.3 is 22.1 Å². The second kappa shape index (κ2) is 7.52. The quantitative estimate of drug-likeness (QED) is 0.508. The van der Waals surface area contributed by atoms with Crippen molar-refractivity contribution in [3.63, 3.8) is 0 Å². The fraction of sp³-hybridized carbons (Fsp3) is 0.105. The molecule has 0 aliphatic rings. The molecule has 0 saturated heterocycles. The molecule has 1 aromatic heterocycles. The number of carbonyl (C=O) groups excluding carboxylic acids is 1. The molecule has 2 aromatic carbocycles. The fourth-order valence-corrected chi connectivity index (χ4v) is 2.51. The topological polar surface area (TPSA) is 119 Å². The lowest BCUT2D eigenvalue weighted by Gasteiger charge is -2.17. The fourth-order valence-electron chi connectivity index (χ4n) is 2.51. The summed E-state index contributed by atoms with van der Waals surface area (Å²) in [6.07, 6.45) is 1.41. The number of primary amides is 1. The summed E-state index contributed by atoms with van der Waals surface area (Å²) in [5.74, 6) is 0.113. The van der Waals surface area contributed by atoms with E-state index in [2.05, 4.69) is 20.6 Å². The van der Waals surface area contributed by atoms with Crippen LogP contribution in [-0.4, -0.2) is 15.9 Å². The number of hydrogen-bond donors (Lipinski definition) is 4. The van der Waals surface area contributed by atoms with Gasteiger partial charge in [-0.1, -0.05) is 36.4 Å². The van der Waals surface area contributed by atoms with Crippen molar-refractivity contribution >= 4 is 29.0 Å². The van der Waals surface area contributed by atoms with Crippen molar-refractivity contribution in [1.82, 2.24) is 9.97 Å². The molecule has 1 heterocycles. The van der Waals surface area contributed by atoms with Crippen LogP contribution in [-0.2, 0) is 0 Å². The van der Waals surface area contributed by atoms with Crippen LogP contribution in [0, 0.1) is 0 Å². The maximum atomic E-state index is 11.7. The summed E-state index contributed by atoms with van der Waals surface area (Å²) in [6, 6.07) is 17.0. The Balaban J connectivity index is 1.88. The smallest absolute Gasteiger partial charge is 0.254 e. The van der Waals surface area contributed by atoms with Crippen LogP contribution in [0.2, 0.25) is 0 Å². The van der Waals surface area contributed by atoms with Gasteiger partial charge in [-0.3, -0.25) is 4.79 Å². The van der Waals surface area contributed by atoms with Gasteiger partial charge in [0.1, 0.15) is 5.82 Å². The standard InChI is InChI=1S/C19H20N6O/c1-12(13-6-3-2-4-7-13)23-18-16(17(21)26)11-22-19(25-18)24-15-9-5-8-14(20)10-15/h2-12H,20H2,1H3,(H2,21,26)(H2,22,23,24,25)/t12-/m1/s1. The Morgan fingerprint density at radius 3 is 2.58 bits per heavy atom. The summed E-state index contributed by atoms with van der Waals surface area (Å²) < 4.78 is 0. The second-order valence-corrected chi connectivity index (χ2v) is 5.85. The Bertz CT molecular complexity index is 913. The number of nitrogens with one attached hydrogen (secondary N) is 2. The molecule has 26 heavy (non-hydrogen) atoms. The highest BCUT2D eigenvalue weighted by Gasteiger charge is 2.15. The zero-order chi connectivity index (χ0) is 18.5. The molecular weight excluding hydrogens is 328 g/mol. The van der Waals surface area contributed by atoms with E-state index in [9.17, 15) is 4.79 Å². The molecule has 0 aliphatic carbocycles. The molecule has 0 fully saturated rings. The summed E-state index contributed by atoms with van der Waals surface area (Å²) in [6.45, 7) is 1.98. The highest BCUT2D eigenvalue weighted by molar-refractivity contribution is 5.97. The lowest BCUT2D eigenvalue weighted by Crippen LogP contribution is -2.18. The number of benzene rings is 2. The van der Waals surface area contributed by atoms with Gasteiger partial charge in [0.25, 0.3) is 5.91 Å². The monoisotopic (exact) mass is 348 g/mol. The van der Waals surface area contributed by atoms with Crippen LogP contribution < -0.4 is 22.1 Å². The highest BCUT2D eigenvalue weighted by Crippen LogP contribution is 2.23. The van der Waals surface area contributed by atoms with E-state index >= 15 is 0 Å². The Morgan fingerprint density at radius 2 is 1.88 bits per heavy atom. The van der Waals surface area contributed by atoms with Crippen molar-refractivity contribution < 1.29 is 4.79 Å². The van der Waals surface area contributed by atoms with E-state index in [4.69, 9.17) is 11.5 Å². The Kier molecular flexibility index (Phi) is 4.98. The van der Waals surface area contributed by atoms with Gasteiger partial charge in [0.05, 0.1) is 5.56 Å². The van der Waals surface area contributed by atoms with E-state index < -0.39 is 5.91 Å². The maximum Gasteiger partial charge on any atom is 0.254 e. The predicted octanol–water partition coefficient (Wildman–Crippen LogP) is 3.07. The molecule has 7 heteroatoms. The number of nitrogens with two attached hydrogens (primary N) is 2. The number of carbonyl (C=O) groups is 1. The summed E-state index contributed by atoms with van der Waals surface area (Å²) in [5, 5.41) is 6.30. The van der Waals surface area contributed by atoms with Crippen LogP contribution in [0.4, 0.5) is 23.1 Å². The first kappa shape index (κ1) is 17.2. The summed E-state index contributed by atoms with van der Waals surface area (Å²) in [4.78, 5) is 20.3. The Hall–Kier alpha value is -3.61. The summed E-state index contributed by atoms with van der Waals surface area (Å²) >= 11 is 0. The van der Waals surface area contributed by atoms with Crippen molar-refractivity contribution in [3.05, 3.63) is 71.9 Å². The van der Waals surface area contributed by atoms with Gasteiger partial charge in [0.15, 0.2) is 0 Å². The van der Waals surface area contributed by atoms with Crippen LogP contribution in [0.5, 0.6) is 0 Å². The number of rotatable bonds is 6. The van der Waals surface area contributed by atoms with Crippen LogP contribution in [0.25, 0.3) is 0 Å². The van der Waals surface area contributed by atoms with Crippen LogP contribution in [0.15, 0.2) is 60.8 Å². The van der Waals surface area contributed by atoms with E-state index in [1.54, 1.807) is 12.1 Å². The Morgan fingerprint density at radius 1 is 1.12 bits per heavy atom. The first-order valence-electron chi connectivity index (χ1n) is 8.14. The summed E-state index contributed by atoms with van der Waals surface area (Å²) in [5.41, 5.74) is 13.9. The van der Waals surface area contributed by atoms with E-state index in [0.717, 1.165) is 11.3 Å². The molecule has 0 unspecified atom stereocenters. The predicted molar refractivity (Wildman–Crippen MR) is 103 cm³/mol. The molecule has 6 N–H and O–H groups in total. The average molecular weight is 348 g/mol. The number of aromatic nitrogens is 2. The molecule has 3 aromatic rings. The third-order valence-corrected chi connectivity index (χ3v) is 3.85. The lowest BCUT2D eigenvalue weighted by atomic mass is 10.1. The van der Waals surface area contributed by atoms with Crippen molar-refractivity contribution in [3.8, 4) is 0 Å². The maximum absolute atomic E-state index is 11.7. The Labute approximate surface area is 151 Å². The minimum Gasteiger partial charge on any atom is -0.399 e. The molecule has 7 nitrogen and oxygen atoms in total. The SMILES string of the molecule is C[C@@H](Nc1nc(Nc2cccc(N)c2)ncc1C(N)=O)c1ccccc1. The third-order valence-electron chi connectivity index (χ3n) is 3.85. The van der Waals surface area contributed by atoms with E-state index in [-0.39, 0.29) is 11.6 Å². The third kappa shape index (κ3) is 4.07. The van der Waals surface area contributed by atoms with Gasteiger partial charge in [-0.2, -0.15) is 4.98 Å². The molecule has 3 rings (SSSR count). The van der Waals surface area contributed by atoms with Crippen LogP contribution in [0.1, 0.15) is 28.9 Å². The lowest BCUT2D eigenvalue weighted by molar-refractivity contribution is 0.100. The first-order valence-corrected chi connectivity index (χ1v) is 8.14. The number of nitrogen functional groups attached to an aromatic ring is 1. The van der Waals surface area contributed by atoms with Crippen molar-refractivity contribution in [2.45, 2.75) is 13.0 Å². The van der Waals surface area contributed by atoms with Gasteiger partial charge in [0, 0.05) is 23.6 Å². The summed E-state index contributed by atoms with van der Waals surface area (Å²) in [7, 11) is 0. The van der Waals surface area contributed by atoms with Crippen molar-refractivity contribution in [2.75, 3.05) is 16.4 Å². The average Bonchev–Trinajstić information content (AvgIpc) is 2.62. The molecule has 132 valence electrons. The van der Waals surface area contributed by atoms with E-state index in [0.29, 0.717) is 17.5 Å². The van der Waals surface area contributed by atoms with Gasteiger partial charge in [-0.15, -0.1) is 0 Å². The number of amides is 1. The van der Waals surface area contributed by atoms with Crippen molar-refractivity contribution in [2.24, 2.45) is 5.73 Å². The molecule has 0 aliphatic heterocycles. The normalized spacial score (nSPS) is 11.6. The number of anilines is 4. The van der Waals surface area contributed by atoms with Crippen LogP contribution >= 0.6 is 0 Å². The molecular formula is C19H20N6O. The van der Waals surface area contributed by atoms with Gasteiger partial charge in [0.2, 0.25) is 5.95 Å². The largest absolute Gasteiger partial charge is 0.399 e. The van der Waals surface area contributed by atoms with Gasteiger partial charge >= 0.3 is 0 Å². The number of nitrogens with zero attached hydrogens (tertiary/aromatic N) is 2. The first-order chi connectivity index (χ1) is 12.5. The number of hydrogen-bond acceptors (Lipinski definition) is 6. The molecule has 1 atom stereocenters. The molecule has 1 amide bonds.